The maximum Gasteiger partial charge on any atom is 0.127 e. The first-order chi connectivity index (χ1) is 10.3. The smallest absolute Gasteiger partial charge is 0.127 e. The van der Waals surface area contributed by atoms with Crippen molar-refractivity contribution >= 4 is 0 Å². The van der Waals surface area contributed by atoms with E-state index in [9.17, 15) is 5.11 Å². The summed E-state index contributed by atoms with van der Waals surface area (Å²) in [4.78, 5) is 4.16. The molecule has 2 aromatic rings. The minimum absolute atomic E-state index is 0.203. The quantitative estimate of drug-likeness (QED) is 0.909. The lowest BCUT2D eigenvalue weighted by Gasteiger charge is -2.25. The van der Waals surface area contributed by atoms with Crippen molar-refractivity contribution in [3.63, 3.8) is 0 Å². The molecular formula is C16H19N3O2. The summed E-state index contributed by atoms with van der Waals surface area (Å²) in [5, 5.41) is 13.3. The fraction of sp³-hybridized carbons (Fsp3) is 0.438. The Hall–Kier alpha value is -2.01. The Balaban J connectivity index is 1.52. The molecule has 21 heavy (non-hydrogen) atoms. The van der Waals surface area contributed by atoms with E-state index in [1.54, 1.807) is 12.1 Å². The Morgan fingerprint density at radius 3 is 3.14 bits per heavy atom. The van der Waals surface area contributed by atoms with Gasteiger partial charge in [0.1, 0.15) is 18.1 Å². The van der Waals surface area contributed by atoms with Crippen LogP contribution < -0.4 is 10.1 Å². The maximum absolute atomic E-state index is 9.52. The van der Waals surface area contributed by atoms with E-state index < -0.39 is 0 Å². The van der Waals surface area contributed by atoms with Crippen LogP contribution in [0.2, 0.25) is 0 Å². The Morgan fingerprint density at radius 2 is 2.29 bits per heavy atom. The third kappa shape index (κ3) is 2.27. The third-order valence-corrected chi connectivity index (χ3v) is 4.58. The van der Waals surface area contributed by atoms with Crippen LogP contribution in [0.15, 0.2) is 36.9 Å². The van der Waals surface area contributed by atoms with Gasteiger partial charge < -0.3 is 19.7 Å². The van der Waals surface area contributed by atoms with Crippen LogP contribution in [0.25, 0.3) is 0 Å². The third-order valence-electron chi connectivity index (χ3n) is 4.58. The molecule has 4 rings (SSSR count). The lowest BCUT2D eigenvalue weighted by atomic mass is 10.1. The number of aromatic hydroxyl groups is 1. The largest absolute Gasteiger partial charge is 0.508 e. The highest BCUT2D eigenvalue weighted by molar-refractivity contribution is 5.44. The molecule has 2 heterocycles. The number of rotatable bonds is 3. The Labute approximate surface area is 123 Å². The summed E-state index contributed by atoms with van der Waals surface area (Å²) in [6, 6.07) is 6.48. The molecule has 1 aliphatic carbocycles. The van der Waals surface area contributed by atoms with Crippen LogP contribution in [0.3, 0.4) is 0 Å². The zero-order valence-electron chi connectivity index (χ0n) is 11.8. The van der Waals surface area contributed by atoms with E-state index in [1.165, 1.54) is 19.3 Å². The van der Waals surface area contributed by atoms with Crippen molar-refractivity contribution in [1.29, 1.82) is 0 Å². The molecule has 0 spiro atoms. The predicted octanol–water partition coefficient (Wildman–Crippen LogP) is 2.41. The van der Waals surface area contributed by atoms with Gasteiger partial charge in [-0.1, -0.05) is 0 Å². The number of imidazole rings is 1. The van der Waals surface area contributed by atoms with Gasteiger partial charge in [0.25, 0.3) is 0 Å². The van der Waals surface area contributed by atoms with Crippen LogP contribution in [0.5, 0.6) is 11.5 Å². The van der Waals surface area contributed by atoms with E-state index in [2.05, 4.69) is 14.9 Å². The Morgan fingerprint density at radius 1 is 1.33 bits per heavy atom. The number of ether oxygens (including phenoxy) is 1. The molecule has 1 aromatic carbocycles. The molecule has 3 atom stereocenters. The van der Waals surface area contributed by atoms with E-state index in [0.717, 1.165) is 11.3 Å². The molecule has 0 radical (unpaired) electrons. The molecule has 3 unspecified atom stereocenters. The summed E-state index contributed by atoms with van der Waals surface area (Å²) in [5.41, 5.74) is 1.14. The number of nitrogens with zero attached hydrogens (tertiary/aromatic N) is 2. The molecule has 5 heteroatoms. The van der Waals surface area contributed by atoms with Crippen LogP contribution in [0.4, 0.5) is 0 Å². The van der Waals surface area contributed by atoms with Crippen LogP contribution in [-0.4, -0.2) is 27.3 Å². The second kappa shape index (κ2) is 5.07. The molecule has 1 fully saturated rings. The van der Waals surface area contributed by atoms with Gasteiger partial charge in [0, 0.05) is 36.1 Å². The number of fused-ring (bicyclic) bond motifs is 1. The van der Waals surface area contributed by atoms with E-state index in [0.29, 0.717) is 18.7 Å². The fourth-order valence-corrected chi connectivity index (χ4v) is 3.55. The van der Waals surface area contributed by atoms with E-state index in [4.69, 9.17) is 4.74 Å². The topological polar surface area (TPSA) is 59.3 Å². The lowest BCUT2D eigenvalue weighted by molar-refractivity contribution is 0.279. The van der Waals surface area contributed by atoms with E-state index >= 15 is 0 Å². The van der Waals surface area contributed by atoms with Gasteiger partial charge in [-0.05, 0) is 31.4 Å². The molecule has 1 aromatic heterocycles. The predicted molar refractivity (Wildman–Crippen MR) is 78.4 cm³/mol. The molecule has 0 saturated heterocycles. The number of benzene rings is 1. The molecule has 1 aliphatic heterocycles. The molecular weight excluding hydrogens is 266 g/mol. The summed E-state index contributed by atoms with van der Waals surface area (Å²) in [7, 11) is 0. The van der Waals surface area contributed by atoms with Gasteiger partial charge in [0.2, 0.25) is 0 Å². The summed E-state index contributed by atoms with van der Waals surface area (Å²) in [5.74, 6) is 1.05. The van der Waals surface area contributed by atoms with Gasteiger partial charge in [-0.15, -0.1) is 0 Å². The number of nitrogens with one attached hydrogen (secondary N) is 1. The first kappa shape index (κ1) is 12.7. The normalized spacial score (nSPS) is 27.5. The Kier molecular flexibility index (Phi) is 3.07. The summed E-state index contributed by atoms with van der Waals surface area (Å²) in [6.07, 6.45) is 9.38. The summed E-state index contributed by atoms with van der Waals surface area (Å²) < 4.78 is 7.89. The standard InChI is InChI=1S/C16H19N3O2/c20-11-4-5-12-14(9-21-16(12)8-11)18-13-2-1-3-15(13)19-7-6-17-10-19/h4-8,10,13-15,18,20H,1-3,9H2. The molecule has 2 N–H and O–H groups in total. The highest BCUT2D eigenvalue weighted by Gasteiger charge is 2.33. The van der Waals surface area contributed by atoms with Crippen molar-refractivity contribution in [3.05, 3.63) is 42.5 Å². The second-order valence-corrected chi connectivity index (χ2v) is 5.87. The maximum atomic E-state index is 9.52. The molecule has 5 nitrogen and oxygen atoms in total. The van der Waals surface area contributed by atoms with E-state index in [-0.39, 0.29) is 11.8 Å². The average Bonchev–Trinajstić information content (AvgIpc) is 3.19. The summed E-state index contributed by atoms with van der Waals surface area (Å²) in [6.45, 7) is 0.631. The van der Waals surface area contributed by atoms with Crippen molar-refractivity contribution in [2.75, 3.05) is 6.61 Å². The van der Waals surface area contributed by atoms with Crippen LogP contribution >= 0.6 is 0 Å². The van der Waals surface area contributed by atoms with Crippen LogP contribution in [0.1, 0.15) is 36.9 Å². The van der Waals surface area contributed by atoms with Crippen molar-refractivity contribution in [3.8, 4) is 11.5 Å². The highest BCUT2D eigenvalue weighted by atomic mass is 16.5. The minimum Gasteiger partial charge on any atom is -0.508 e. The zero-order valence-corrected chi connectivity index (χ0v) is 11.8. The lowest BCUT2D eigenvalue weighted by Crippen LogP contribution is -2.37. The van der Waals surface area contributed by atoms with Gasteiger partial charge in [0.05, 0.1) is 12.4 Å². The van der Waals surface area contributed by atoms with Gasteiger partial charge in [0.15, 0.2) is 0 Å². The van der Waals surface area contributed by atoms with Gasteiger partial charge in [-0.2, -0.15) is 0 Å². The first-order valence-electron chi connectivity index (χ1n) is 7.50. The van der Waals surface area contributed by atoms with Crippen LogP contribution in [0, 0.1) is 0 Å². The van der Waals surface area contributed by atoms with Crippen LogP contribution in [-0.2, 0) is 0 Å². The molecule has 1 saturated carbocycles. The minimum atomic E-state index is 0.203. The highest BCUT2D eigenvalue weighted by Crippen LogP contribution is 2.38. The number of phenolic OH excluding ortho intramolecular Hbond substituents is 1. The van der Waals surface area contributed by atoms with Crippen molar-refractivity contribution in [2.45, 2.75) is 37.4 Å². The number of hydrogen-bond donors (Lipinski definition) is 2. The van der Waals surface area contributed by atoms with Gasteiger partial charge >= 0.3 is 0 Å². The number of hydrogen-bond acceptors (Lipinski definition) is 4. The fourth-order valence-electron chi connectivity index (χ4n) is 3.55. The molecule has 0 amide bonds. The average molecular weight is 285 g/mol. The molecule has 110 valence electrons. The summed E-state index contributed by atoms with van der Waals surface area (Å²) >= 11 is 0. The number of phenols is 1. The number of aromatic nitrogens is 2. The second-order valence-electron chi connectivity index (χ2n) is 5.87. The van der Waals surface area contributed by atoms with Crippen molar-refractivity contribution in [2.24, 2.45) is 0 Å². The Bertz CT molecular complexity index is 626. The van der Waals surface area contributed by atoms with Gasteiger partial charge in [-0.25, -0.2) is 4.98 Å². The van der Waals surface area contributed by atoms with Crippen molar-refractivity contribution in [1.82, 2.24) is 14.9 Å². The molecule has 0 bridgehead atoms. The van der Waals surface area contributed by atoms with Gasteiger partial charge in [-0.3, -0.25) is 0 Å². The SMILES string of the molecule is Oc1ccc2c(c1)OCC2NC1CCCC1n1ccnc1. The van der Waals surface area contributed by atoms with E-state index in [1.807, 2.05) is 24.8 Å². The monoisotopic (exact) mass is 285 g/mol. The molecule has 2 aliphatic rings. The first-order valence-corrected chi connectivity index (χ1v) is 7.50. The van der Waals surface area contributed by atoms with Crippen molar-refractivity contribution < 1.29 is 9.84 Å². The zero-order chi connectivity index (χ0) is 14.2.